The third-order valence-corrected chi connectivity index (χ3v) is 5.37. The van der Waals surface area contributed by atoms with Crippen LogP contribution in [0.3, 0.4) is 0 Å². The van der Waals surface area contributed by atoms with Crippen molar-refractivity contribution >= 4 is 23.2 Å². The number of hydrogen-bond acceptors (Lipinski definition) is 3. The van der Waals surface area contributed by atoms with Crippen LogP contribution in [0, 0.1) is 6.92 Å². The molecule has 0 spiro atoms. The molecule has 1 aliphatic heterocycles. The summed E-state index contributed by atoms with van der Waals surface area (Å²) in [7, 11) is 0. The van der Waals surface area contributed by atoms with Gasteiger partial charge in [-0.3, -0.25) is 9.59 Å². The van der Waals surface area contributed by atoms with Crippen molar-refractivity contribution in [1.82, 2.24) is 4.90 Å². The Morgan fingerprint density at radius 1 is 0.964 bits per heavy atom. The highest BCUT2D eigenvalue weighted by Gasteiger charge is 2.19. The summed E-state index contributed by atoms with van der Waals surface area (Å²) < 4.78 is 0. The number of aryl methyl sites for hydroxylation is 1. The SMILES string of the molecule is CCN(CC)c1ccc(NC(=O)c2ccc(C(=O)N3CCCC3)cc2)c(C)c1. The Morgan fingerprint density at radius 2 is 1.57 bits per heavy atom. The smallest absolute Gasteiger partial charge is 0.255 e. The zero-order valence-electron chi connectivity index (χ0n) is 17.0. The fourth-order valence-electron chi connectivity index (χ4n) is 3.64. The molecule has 0 atom stereocenters. The van der Waals surface area contributed by atoms with Gasteiger partial charge in [-0.1, -0.05) is 0 Å². The molecule has 0 radical (unpaired) electrons. The lowest BCUT2D eigenvalue weighted by Crippen LogP contribution is -2.27. The van der Waals surface area contributed by atoms with Crippen LogP contribution in [-0.2, 0) is 0 Å². The average Bonchev–Trinajstić information content (AvgIpc) is 3.25. The Morgan fingerprint density at radius 3 is 2.14 bits per heavy atom. The van der Waals surface area contributed by atoms with Crippen LogP contribution < -0.4 is 10.2 Å². The summed E-state index contributed by atoms with van der Waals surface area (Å²) in [5, 5.41) is 2.98. The molecule has 5 heteroatoms. The maximum atomic E-state index is 12.6. The first kappa shape index (κ1) is 19.9. The van der Waals surface area contributed by atoms with E-state index in [1.807, 2.05) is 24.0 Å². The number of amides is 2. The Bertz CT molecular complexity index is 835. The minimum atomic E-state index is -0.168. The maximum absolute atomic E-state index is 12.6. The third-order valence-electron chi connectivity index (χ3n) is 5.37. The second-order valence-electron chi connectivity index (χ2n) is 7.20. The van der Waals surface area contributed by atoms with Crippen molar-refractivity contribution in [3.8, 4) is 0 Å². The minimum Gasteiger partial charge on any atom is -0.372 e. The Kier molecular flexibility index (Phi) is 6.34. The van der Waals surface area contributed by atoms with Crippen LogP contribution in [0.1, 0.15) is 53.0 Å². The van der Waals surface area contributed by atoms with Crippen LogP contribution in [0.15, 0.2) is 42.5 Å². The number of likely N-dealkylation sites (tertiary alicyclic amines) is 1. The first-order valence-corrected chi connectivity index (χ1v) is 10.1. The highest BCUT2D eigenvalue weighted by atomic mass is 16.2. The summed E-state index contributed by atoms with van der Waals surface area (Å²) in [6, 6.07) is 13.0. The molecule has 0 aliphatic carbocycles. The lowest BCUT2D eigenvalue weighted by Gasteiger charge is -2.22. The molecular formula is C23H29N3O2. The molecule has 1 saturated heterocycles. The summed E-state index contributed by atoms with van der Waals surface area (Å²) >= 11 is 0. The van der Waals surface area contributed by atoms with Crippen molar-refractivity contribution < 1.29 is 9.59 Å². The normalized spacial score (nSPS) is 13.5. The number of benzene rings is 2. The summed E-state index contributed by atoms with van der Waals surface area (Å²) in [6.45, 7) is 9.81. The molecule has 1 N–H and O–H groups in total. The van der Waals surface area contributed by atoms with Crippen molar-refractivity contribution in [2.45, 2.75) is 33.6 Å². The fraction of sp³-hybridized carbons (Fsp3) is 0.391. The van der Waals surface area contributed by atoms with E-state index >= 15 is 0 Å². The predicted octanol–water partition coefficient (Wildman–Crippen LogP) is 4.33. The van der Waals surface area contributed by atoms with Crippen molar-refractivity contribution in [1.29, 1.82) is 0 Å². The first-order valence-electron chi connectivity index (χ1n) is 10.1. The summed E-state index contributed by atoms with van der Waals surface area (Å²) in [6.07, 6.45) is 2.14. The molecule has 0 bridgehead atoms. The van der Waals surface area contributed by atoms with E-state index in [0.29, 0.717) is 11.1 Å². The number of nitrogens with one attached hydrogen (secondary N) is 1. The number of nitrogens with zero attached hydrogens (tertiary/aromatic N) is 2. The van der Waals surface area contributed by atoms with Crippen LogP contribution in [0.4, 0.5) is 11.4 Å². The van der Waals surface area contributed by atoms with Crippen LogP contribution in [-0.4, -0.2) is 42.9 Å². The van der Waals surface area contributed by atoms with Gasteiger partial charge in [-0.2, -0.15) is 0 Å². The number of anilines is 2. The van der Waals surface area contributed by atoms with Crippen LogP contribution >= 0.6 is 0 Å². The van der Waals surface area contributed by atoms with E-state index in [-0.39, 0.29) is 11.8 Å². The van der Waals surface area contributed by atoms with E-state index in [1.54, 1.807) is 24.3 Å². The highest BCUT2D eigenvalue weighted by Crippen LogP contribution is 2.23. The second kappa shape index (κ2) is 8.91. The van der Waals surface area contributed by atoms with Gasteiger partial charge in [-0.15, -0.1) is 0 Å². The lowest BCUT2D eigenvalue weighted by molar-refractivity contribution is 0.0792. The van der Waals surface area contributed by atoms with Gasteiger partial charge in [0.25, 0.3) is 11.8 Å². The van der Waals surface area contributed by atoms with Crippen LogP contribution in [0.5, 0.6) is 0 Å². The van der Waals surface area contributed by atoms with E-state index in [4.69, 9.17) is 0 Å². The molecule has 148 valence electrons. The Balaban J connectivity index is 1.68. The van der Waals surface area contributed by atoms with Gasteiger partial charge in [0.05, 0.1) is 0 Å². The molecule has 2 amide bonds. The Labute approximate surface area is 167 Å². The van der Waals surface area contributed by atoms with Crippen molar-refractivity contribution in [3.05, 3.63) is 59.2 Å². The van der Waals surface area contributed by atoms with Gasteiger partial charge in [-0.25, -0.2) is 0 Å². The van der Waals surface area contributed by atoms with Gasteiger partial charge in [0.15, 0.2) is 0 Å². The molecule has 0 saturated carbocycles. The molecule has 5 nitrogen and oxygen atoms in total. The lowest BCUT2D eigenvalue weighted by atomic mass is 10.1. The Hall–Kier alpha value is -2.82. The molecule has 0 unspecified atom stereocenters. The third kappa shape index (κ3) is 4.35. The molecule has 28 heavy (non-hydrogen) atoms. The zero-order valence-corrected chi connectivity index (χ0v) is 17.0. The summed E-state index contributed by atoms with van der Waals surface area (Å²) in [4.78, 5) is 29.2. The van der Waals surface area contributed by atoms with Crippen molar-refractivity contribution in [2.75, 3.05) is 36.4 Å². The molecule has 1 heterocycles. The molecule has 2 aromatic carbocycles. The monoisotopic (exact) mass is 379 g/mol. The van der Waals surface area contributed by atoms with E-state index in [2.05, 4.69) is 30.1 Å². The zero-order chi connectivity index (χ0) is 20.1. The quantitative estimate of drug-likeness (QED) is 0.813. The largest absolute Gasteiger partial charge is 0.372 e. The van der Waals surface area contributed by atoms with Crippen LogP contribution in [0.2, 0.25) is 0 Å². The molecule has 1 fully saturated rings. The highest BCUT2D eigenvalue weighted by molar-refractivity contribution is 6.05. The number of carbonyl (C=O) groups excluding carboxylic acids is 2. The van der Waals surface area contributed by atoms with Gasteiger partial charge in [0.2, 0.25) is 0 Å². The van der Waals surface area contributed by atoms with Gasteiger partial charge in [0, 0.05) is 48.7 Å². The average molecular weight is 380 g/mol. The topological polar surface area (TPSA) is 52.7 Å². The van der Waals surface area contributed by atoms with Crippen molar-refractivity contribution in [3.63, 3.8) is 0 Å². The number of hydrogen-bond donors (Lipinski definition) is 1. The first-order chi connectivity index (χ1) is 13.5. The van der Waals surface area contributed by atoms with Crippen LogP contribution in [0.25, 0.3) is 0 Å². The van der Waals surface area contributed by atoms with E-state index < -0.39 is 0 Å². The van der Waals surface area contributed by atoms with Gasteiger partial charge < -0.3 is 15.1 Å². The molecule has 3 rings (SSSR count). The minimum absolute atomic E-state index is 0.0484. The predicted molar refractivity (Wildman–Crippen MR) is 114 cm³/mol. The van der Waals surface area contributed by atoms with E-state index in [0.717, 1.165) is 56.0 Å². The standard InChI is InChI=1S/C23H29N3O2/c1-4-25(5-2)20-12-13-21(17(3)16-20)24-22(27)18-8-10-19(11-9-18)23(28)26-14-6-7-15-26/h8-13,16H,4-7,14-15H2,1-3H3,(H,24,27). The molecule has 0 aromatic heterocycles. The van der Waals surface area contributed by atoms with Crippen molar-refractivity contribution in [2.24, 2.45) is 0 Å². The van der Waals surface area contributed by atoms with E-state index in [9.17, 15) is 9.59 Å². The molecule has 1 aliphatic rings. The molecule has 2 aromatic rings. The maximum Gasteiger partial charge on any atom is 0.255 e. The fourth-order valence-corrected chi connectivity index (χ4v) is 3.64. The number of carbonyl (C=O) groups is 2. The number of rotatable bonds is 6. The van der Waals surface area contributed by atoms with Gasteiger partial charge in [-0.05, 0) is 81.6 Å². The van der Waals surface area contributed by atoms with E-state index in [1.165, 1.54) is 0 Å². The summed E-state index contributed by atoms with van der Waals surface area (Å²) in [5.74, 6) is -0.119. The molecular weight excluding hydrogens is 350 g/mol. The van der Waals surface area contributed by atoms with Gasteiger partial charge >= 0.3 is 0 Å². The summed E-state index contributed by atoms with van der Waals surface area (Å²) in [5.41, 5.74) is 4.17. The van der Waals surface area contributed by atoms with Gasteiger partial charge in [0.1, 0.15) is 0 Å². The second-order valence-corrected chi connectivity index (χ2v) is 7.20.